The quantitative estimate of drug-likeness (QED) is 0.420. The summed E-state index contributed by atoms with van der Waals surface area (Å²) in [5.74, 6) is 2.45. The molecule has 0 saturated carbocycles. The van der Waals surface area contributed by atoms with Crippen LogP contribution in [0.3, 0.4) is 0 Å². The number of thioether (sulfide) groups is 2. The Balaban J connectivity index is 1.20. The molecule has 0 atom stereocenters. The Morgan fingerprint density at radius 1 is 0.577 bits per heavy atom. The molecule has 0 spiro atoms. The molecule has 1 fully saturated rings. The number of benzene rings is 2. The van der Waals surface area contributed by atoms with Crippen LogP contribution in [0, 0.1) is 0 Å². The second kappa shape index (κ2) is 11.7. The van der Waals surface area contributed by atoms with Gasteiger partial charge in [-0.05, 0) is 61.7 Å². The zero-order valence-electron chi connectivity index (χ0n) is 15.6. The van der Waals surface area contributed by atoms with E-state index in [4.69, 9.17) is 0 Å². The third-order valence-electron chi connectivity index (χ3n) is 4.73. The van der Waals surface area contributed by atoms with Crippen molar-refractivity contribution in [1.82, 2.24) is 9.80 Å². The number of piperazine rings is 1. The summed E-state index contributed by atoms with van der Waals surface area (Å²) >= 11 is 3.96. The molecular formula is C22H30N2S2. The van der Waals surface area contributed by atoms with Gasteiger partial charge in [-0.2, -0.15) is 0 Å². The lowest BCUT2D eigenvalue weighted by atomic mass is 10.3. The number of rotatable bonds is 10. The summed E-state index contributed by atoms with van der Waals surface area (Å²) in [6, 6.07) is 21.5. The lowest BCUT2D eigenvalue weighted by Gasteiger charge is -2.34. The van der Waals surface area contributed by atoms with Crippen LogP contribution in [0.4, 0.5) is 0 Å². The van der Waals surface area contributed by atoms with E-state index in [0.717, 1.165) is 0 Å². The minimum absolute atomic E-state index is 1.22. The van der Waals surface area contributed by atoms with E-state index in [2.05, 4.69) is 70.5 Å². The van der Waals surface area contributed by atoms with Gasteiger partial charge in [0.2, 0.25) is 0 Å². The first-order chi connectivity index (χ1) is 12.9. The molecule has 1 saturated heterocycles. The van der Waals surface area contributed by atoms with Gasteiger partial charge in [0.1, 0.15) is 0 Å². The average molecular weight is 387 g/mol. The Labute approximate surface area is 167 Å². The molecule has 26 heavy (non-hydrogen) atoms. The molecule has 0 N–H and O–H groups in total. The smallest absolute Gasteiger partial charge is 0.0110 e. The molecule has 140 valence electrons. The van der Waals surface area contributed by atoms with E-state index >= 15 is 0 Å². The standard InChI is InChI=1S/C22H30N2S2/c1-3-9-21(10-4-1)25-19-7-13-23-15-17-24(18-16-23)14-8-20-26-22-11-5-2-6-12-22/h1-6,9-12H,7-8,13-20H2. The summed E-state index contributed by atoms with van der Waals surface area (Å²) in [7, 11) is 0. The summed E-state index contributed by atoms with van der Waals surface area (Å²) in [6.45, 7) is 7.45. The molecule has 0 radical (unpaired) electrons. The van der Waals surface area contributed by atoms with Gasteiger partial charge in [0.25, 0.3) is 0 Å². The maximum atomic E-state index is 2.64. The zero-order chi connectivity index (χ0) is 17.9. The van der Waals surface area contributed by atoms with Crippen LogP contribution in [0.15, 0.2) is 70.5 Å². The fourth-order valence-electron chi connectivity index (χ4n) is 3.23. The minimum Gasteiger partial charge on any atom is -0.301 e. The van der Waals surface area contributed by atoms with Crippen molar-refractivity contribution in [2.75, 3.05) is 50.8 Å². The lowest BCUT2D eigenvalue weighted by Crippen LogP contribution is -2.46. The molecule has 1 aliphatic heterocycles. The summed E-state index contributed by atoms with van der Waals surface area (Å²) in [4.78, 5) is 8.07. The molecule has 1 aliphatic rings. The van der Waals surface area contributed by atoms with Crippen molar-refractivity contribution in [3.8, 4) is 0 Å². The molecule has 0 amide bonds. The SMILES string of the molecule is c1ccc(SCCCN2CCN(CCCSc3ccccc3)CC2)cc1. The van der Waals surface area contributed by atoms with Crippen LogP contribution in [-0.4, -0.2) is 60.6 Å². The first kappa shape index (κ1) is 19.8. The second-order valence-corrected chi connectivity index (χ2v) is 9.05. The van der Waals surface area contributed by atoms with Crippen LogP contribution >= 0.6 is 23.5 Å². The zero-order valence-corrected chi connectivity index (χ0v) is 17.2. The molecule has 0 bridgehead atoms. The van der Waals surface area contributed by atoms with Crippen LogP contribution < -0.4 is 0 Å². The van der Waals surface area contributed by atoms with Gasteiger partial charge in [0, 0.05) is 36.0 Å². The van der Waals surface area contributed by atoms with Crippen molar-refractivity contribution in [3.05, 3.63) is 60.7 Å². The summed E-state index contributed by atoms with van der Waals surface area (Å²) in [6.07, 6.45) is 2.57. The molecule has 4 heteroatoms. The highest BCUT2D eigenvalue weighted by Gasteiger charge is 2.15. The van der Waals surface area contributed by atoms with Crippen LogP contribution in [0.1, 0.15) is 12.8 Å². The topological polar surface area (TPSA) is 6.48 Å². The van der Waals surface area contributed by atoms with E-state index in [1.54, 1.807) is 0 Å². The van der Waals surface area contributed by atoms with Crippen molar-refractivity contribution in [3.63, 3.8) is 0 Å². The number of hydrogen-bond donors (Lipinski definition) is 0. The van der Waals surface area contributed by atoms with Crippen molar-refractivity contribution in [1.29, 1.82) is 0 Å². The van der Waals surface area contributed by atoms with Crippen molar-refractivity contribution < 1.29 is 0 Å². The van der Waals surface area contributed by atoms with Crippen LogP contribution in [-0.2, 0) is 0 Å². The normalized spacial score (nSPS) is 16.0. The Bertz CT molecular complexity index is 543. The summed E-state index contributed by atoms with van der Waals surface area (Å²) in [5, 5.41) is 0. The van der Waals surface area contributed by atoms with E-state index in [-0.39, 0.29) is 0 Å². The van der Waals surface area contributed by atoms with Gasteiger partial charge < -0.3 is 9.80 Å². The molecule has 0 aromatic heterocycles. The summed E-state index contributed by atoms with van der Waals surface area (Å²) in [5.41, 5.74) is 0. The molecule has 3 rings (SSSR count). The van der Waals surface area contributed by atoms with Gasteiger partial charge in [-0.3, -0.25) is 0 Å². The molecule has 2 aromatic carbocycles. The third-order valence-corrected chi connectivity index (χ3v) is 6.92. The maximum absolute atomic E-state index is 2.64. The first-order valence-corrected chi connectivity index (χ1v) is 11.7. The summed E-state index contributed by atoms with van der Waals surface area (Å²) < 4.78 is 0. The van der Waals surface area contributed by atoms with Crippen molar-refractivity contribution in [2.45, 2.75) is 22.6 Å². The predicted molar refractivity (Wildman–Crippen MR) is 116 cm³/mol. The Morgan fingerprint density at radius 2 is 0.962 bits per heavy atom. The third kappa shape index (κ3) is 7.36. The monoisotopic (exact) mass is 386 g/mol. The second-order valence-electron chi connectivity index (χ2n) is 6.71. The highest BCUT2D eigenvalue weighted by Crippen LogP contribution is 2.19. The molecule has 0 unspecified atom stereocenters. The predicted octanol–water partition coefficient (Wildman–Crippen LogP) is 4.97. The van der Waals surface area contributed by atoms with E-state index in [9.17, 15) is 0 Å². The first-order valence-electron chi connectivity index (χ1n) is 9.70. The van der Waals surface area contributed by atoms with Gasteiger partial charge in [0.15, 0.2) is 0 Å². The fraction of sp³-hybridized carbons (Fsp3) is 0.455. The van der Waals surface area contributed by atoms with E-state index in [1.807, 2.05) is 23.5 Å². The molecule has 2 nitrogen and oxygen atoms in total. The minimum atomic E-state index is 1.22. The van der Waals surface area contributed by atoms with Gasteiger partial charge in [-0.1, -0.05) is 36.4 Å². The highest BCUT2D eigenvalue weighted by atomic mass is 32.2. The van der Waals surface area contributed by atoms with Crippen LogP contribution in [0.5, 0.6) is 0 Å². The van der Waals surface area contributed by atoms with Crippen molar-refractivity contribution >= 4 is 23.5 Å². The van der Waals surface area contributed by atoms with E-state index in [1.165, 1.54) is 73.4 Å². The van der Waals surface area contributed by atoms with E-state index in [0.29, 0.717) is 0 Å². The van der Waals surface area contributed by atoms with Crippen LogP contribution in [0.2, 0.25) is 0 Å². The fourth-order valence-corrected chi connectivity index (χ4v) is 4.94. The highest BCUT2D eigenvalue weighted by molar-refractivity contribution is 7.99. The molecular weight excluding hydrogens is 356 g/mol. The van der Waals surface area contributed by atoms with Crippen molar-refractivity contribution in [2.24, 2.45) is 0 Å². The van der Waals surface area contributed by atoms with Gasteiger partial charge in [-0.15, -0.1) is 23.5 Å². The van der Waals surface area contributed by atoms with E-state index < -0.39 is 0 Å². The van der Waals surface area contributed by atoms with Gasteiger partial charge >= 0.3 is 0 Å². The maximum Gasteiger partial charge on any atom is 0.0110 e. The molecule has 0 aliphatic carbocycles. The molecule has 2 aromatic rings. The van der Waals surface area contributed by atoms with Crippen LogP contribution in [0.25, 0.3) is 0 Å². The number of nitrogens with zero attached hydrogens (tertiary/aromatic N) is 2. The molecule has 1 heterocycles. The largest absolute Gasteiger partial charge is 0.301 e. The Kier molecular flexibility index (Phi) is 8.92. The lowest BCUT2D eigenvalue weighted by molar-refractivity contribution is 0.133. The number of hydrogen-bond acceptors (Lipinski definition) is 4. The average Bonchev–Trinajstić information content (AvgIpc) is 2.71. The Morgan fingerprint density at radius 3 is 1.35 bits per heavy atom. The van der Waals surface area contributed by atoms with Gasteiger partial charge in [-0.25, -0.2) is 0 Å². The van der Waals surface area contributed by atoms with Gasteiger partial charge in [0.05, 0.1) is 0 Å². The Hall–Kier alpha value is -0.940.